The molecule has 0 saturated heterocycles. The van der Waals surface area contributed by atoms with Gasteiger partial charge in [-0.05, 0) is 37.6 Å². The smallest absolute Gasteiger partial charge is 0.208 e. The van der Waals surface area contributed by atoms with Gasteiger partial charge in [0.25, 0.3) is 0 Å². The maximum Gasteiger partial charge on any atom is 0.208 e. The van der Waals surface area contributed by atoms with Gasteiger partial charge >= 0.3 is 0 Å². The molecule has 7 heteroatoms. The number of sulfonamides is 1. The zero-order chi connectivity index (χ0) is 14.5. The lowest BCUT2D eigenvalue weighted by molar-refractivity contribution is 0.499. The van der Waals surface area contributed by atoms with Crippen LogP contribution in [-0.4, -0.2) is 27.8 Å². The van der Waals surface area contributed by atoms with Crippen LogP contribution in [0.1, 0.15) is 24.9 Å². The lowest BCUT2D eigenvalue weighted by atomic mass is 10.1. The van der Waals surface area contributed by atoms with Gasteiger partial charge in [-0.1, -0.05) is 6.07 Å². The molecule has 0 amide bonds. The number of benzene rings is 1. The third-order valence-corrected chi connectivity index (χ3v) is 3.34. The third-order valence-electron chi connectivity index (χ3n) is 2.61. The van der Waals surface area contributed by atoms with Crippen LogP contribution in [0.15, 0.2) is 18.2 Å². The second-order valence-electron chi connectivity index (χ2n) is 4.37. The Hall–Kier alpha value is -1.05. The van der Waals surface area contributed by atoms with Crippen molar-refractivity contribution in [3.63, 3.8) is 0 Å². The van der Waals surface area contributed by atoms with Gasteiger partial charge in [-0.15, -0.1) is 0 Å². The quantitative estimate of drug-likeness (QED) is 0.750. The van der Waals surface area contributed by atoms with Gasteiger partial charge in [-0.25, -0.2) is 21.9 Å². The van der Waals surface area contributed by atoms with Crippen LogP contribution in [0.3, 0.4) is 0 Å². The minimum absolute atomic E-state index is 0.131. The molecule has 1 atom stereocenters. The van der Waals surface area contributed by atoms with Crippen molar-refractivity contribution in [2.24, 2.45) is 0 Å². The first kappa shape index (κ1) is 16.0. The Kier molecular flexibility index (Phi) is 5.84. The summed E-state index contributed by atoms with van der Waals surface area (Å²) in [7, 11) is -3.16. The first-order valence-electron chi connectivity index (χ1n) is 5.92. The standard InChI is InChI=1S/C12H18F2N2O2S/c1-9(10-4-5-11(13)12(14)8-10)15-6-3-7-16-19(2,17)18/h4-5,8-9,15-16H,3,6-7H2,1-2H3. The molecule has 0 aromatic heterocycles. The fourth-order valence-electron chi connectivity index (χ4n) is 1.56. The molecule has 108 valence electrons. The average molecular weight is 292 g/mol. The summed E-state index contributed by atoms with van der Waals surface area (Å²) in [4.78, 5) is 0. The Morgan fingerprint density at radius 1 is 1.21 bits per heavy atom. The van der Waals surface area contributed by atoms with Gasteiger partial charge in [0.2, 0.25) is 10.0 Å². The second-order valence-corrected chi connectivity index (χ2v) is 6.20. The molecule has 1 rings (SSSR count). The molecule has 4 nitrogen and oxygen atoms in total. The van der Waals surface area contributed by atoms with Gasteiger partial charge in [0.15, 0.2) is 11.6 Å². The lowest BCUT2D eigenvalue weighted by Crippen LogP contribution is -2.27. The van der Waals surface area contributed by atoms with Crippen LogP contribution in [0.25, 0.3) is 0 Å². The van der Waals surface area contributed by atoms with E-state index >= 15 is 0 Å². The van der Waals surface area contributed by atoms with E-state index in [1.807, 2.05) is 6.92 Å². The van der Waals surface area contributed by atoms with Crippen molar-refractivity contribution in [1.29, 1.82) is 0 Å². The van der Waals surface area contributed by atoms with Gasteiger partial charge in [0.1, 0.15) is 0 Å². The molecule has 1 unspecified atom stereocenters. The minimum Gasteiger partial charge on any atom is -0.310 e. The zero-order valence-electron chi connectivity index (χ0n) is 10.9. The predicted octanol–water partition coefficient (Wildman–Crippen LogP) is 1.55. The predicted molar refractivity (Wildman–Crippen MR) is 70.2 cm³/mol. The summed E-state index contributed by atoms with van der Waals surface area (Å²) >= 11 is 0. The van der Waals surface area contributed by atoms with E-state index in [0.29, 0.717) is 25.1 Å². The first-order valence-corrected chi connectivity index (χ1v) is 7.81. The van der Waals surface area contributed by atoms with Crippen molar-refractivity contribution in [2.75, 3.05) is 19.3 Å². The van der Waals surface area contributed by atoms with Crippen LogP contribution in [0, 0.1) is 11.6 Å². The molecule has 1 aromatic carbocycles. The van der Waals surface area contributed by atoms with Crippen LogP contribution >= 0.6 is 0 Å². The topological polar surface area (TPSA) is 58.2 Å². The van der Waals surface area contributed by atoms with Crippen LogP contribution in [0.5, 0.6) is 0 Å². The molecule has 0 aliphatic heterocycles. The minimum atomic E-state index is -3.16. The summed E-state index contributed by atoms with van der Waals surface area (Å²) < 4.78 is 49.8. The summed E-state index contributed by atoms with van der Waals surface area (Å²) in [6, 6.07) is 3.63. The van der Waals surface area contributed by atoms with E-state index in [2.05, 4.69) is 10.0 Å². The van der Waals surface area contributed by atoms with Crippen LogP contribution < -0.4 is 10.0 Å². The van der Waals surface area contributed by atoms with E-state index in [-0.39, 0.29) is 6.04 Å². The van der Waals surface area contributed by atoms with E-state index in [4.69, 9.17) is 0 Å². The van der Waals surface area contributed by atoms with Gasteiger partial charge in [-0.3, -0.25) is 0 Å². The lowest BCUT2D eigenvalue weighted by Gasteiger charge is -2.14. The molecular weight excluding hydrogens is 274 g/mol. The molecule has 0 radical (unpaired) electrons. The van der Waals surface area contributed by atoms with E-state index in [9.17, 15) is 17.2 Å². The number of halogens is 2. The number of hydrogen-bond acceptors (Lipinski definition) is 3. The molecule has 0 heterocycles. The molecule has 0 aliphatic carbocycles. The van der Waals surface area contributed by atoms with Crippen molar-refractivity contribution >= 4 is 10.0 Å². The van der Waals surface area contributed by atoms with Crippen molar-refractivity contribution in [3.8, 4) is 0 Å². The van der Waals surface area contributed by atoms with Crippen LogP contribution in [0.4, 0.5) is 8.78 Å². The van der Waals surface area contributed by atoms with Crippen molar-refractivity contribution < 1.29 is 17.2 Å². The highest BCUT2D eigenvalue weighted by molar-refractivity contribution is 7.88. The maximum atomic E-state index is 13.0. The van der Waals surface area contributed by atoms with E-state index in [0.717, 1.165) is 18.4 Å². The molecule has 0 saturated carbocycles. The summed E-state index contributed by atoms with van der Waals surface area (Å²) in [5.74, 6) is -1.74. The van der Waals surface area contributed by atoms with Crippen molar-refractivity contribution in [3.05, 3.63) is 35.4 Å². The van der Waals surface area contributed by atoms with Gasteiger partial charge < -0.3 is 5.32 Å². The average Bonchev–Trinajstić information content (AvgIpc) is 2.30. The Bertz CT molecular complexity index is 520. The summed E-state index contributed by atoms with van der Waals surface area (Å²) in [5.41, 5.74) is 0.648. The highest BCUT2D eigenvalue weighted by Crippen LogP contribution is 2.15. The van der Waals surface area contributed by atoms with Gasteiger partial charge in [0, 0.05) is 12.6 Å². The van der Waals surface area contributed by atoms with E-state index < -0.39 is 21.7 Å². The van der Waals surface area contributed by atoms with Gasteiger partial charge in [0.05, 0.1) is 6.26 Å². The number of nitrogens with one attached hydrogen (secondary N) is 2. The van der Waals surface area contributed by atoms with E-state index in [1.54, 1.807) is 0 Å². The fraction of sp³-hybridized carbons (Fsp3) is 0.500. The maximum absolute atomic E-state index is 13.0. The Balaban J connectivity index is 2.35. The third kappa shape index (κ3) is 6.09. The van der Waals surface area contributed by atoms with E-state index in [1.165, 1.54) is 6.07 Å². The fourth-order valence-corrected chi connectivity index (χ4v) is 2.08. The molecule has 2 N–H and O–H groups in total. The monoisotopic (exact) mass is 292 g/mol. The Labute approximate surface area is 112 Å². The number of hydrogen-bond donors (Lipinski definition) is 2. The van der Waals surface area contributed by atoms with Crippen LogP contribution in [-0.2, 0) is 10.0 Å². The molecule has 0 fully saturated rings. The zero-order valence-corrected chi connectivity index (χ0v) is 11.7. The molecule has 19 heavy (non-hydrogen) atoms. The van der Waals surface area contributed by atoms with Gasteiger partial charge in [-0.2, -0.15) is 0 Å². The number of rotatable bonds is 7. The second kappa shape index (κ2) is 6.93. The van der Waals surface area contributed by atoms with Crippen molar-refractivity contribution in [2.45, 2.75) is 19.4 Å². The highest BCUT2D eigenvalue weighted by atomic mass is 32.2. The normalized spacial score (nSPS) is 13.5. The Morgan fingerprint density at radius 3 is 2.47 bits per heavy atom. The molecule has 0 bridgehead atoms. The molecule has 0 spiro atoms. The van der Waals surface area contributed by atoms with Crippen LogP contribution in [0.2, 0.25) is 0 Å². The molecular formula is C12H18F2N2O2S. The largest absolute Gasteiger partial charge is 0.310 e. The summed E-state index contributed by atoms with van der Waals surface area (Å²) in [6.45, 7) is 2.75. The first-order chi connectivity index (χ1) is 8.79. The Morgan fingerprint density at radius 2 is 1.89 bits per heavy atom. The summed E-state index contributed by atoms with van der Waals surface area (Å²) in [6.07, 6.45) is 1.71. The molecule has 0 aliphatic rings. The highest BCUT2D eigenvalue weighted by Gasteiger charge is 2.08. The SMILES string of the molecule is CC(NCCCNS(C)(=O)=O)c1ccc(F)c(F)c1. The van der Waals surface area contributed by atoms with Crippen molar-refractivity contribution in [1.82, 2.24) is 10.0 Å². The molecule has 1 aromatic rings. The summed E-state index contributed by atoms with van der Waals surface area (Å²) in [5, 5.41) is 3.11.